The van der Waals surface area contributed by atoms with E-state index in [9.17, 15) is 0 Å². The molecule has 1 atom stereocenters. The van der Waals surface area contributed by atoms with Crippen molar-refractivity contribution in [3.05, 3.63) is 5.82 Å². The third-order valence-corrected chi connectivity index (χ3v) is 3.54. The van der Waals surface area contributed by atoms with Gasteiger partial charge in [0.25, 0.3) is 0 Å². The van der Waals surface area contributed by atoms with Gasteiger partial charge in [0.1, 0.15) is 5.82 Å². The highest BCUT2D eigenvalue weighted by Crippen LogP contribution is 2.25. The Kier molecular flexibility index (Phi) is 4.67. The number of nitrogens with one attached hydrogen (secondary N) is 1. The van der Waals surface area contributed by atoms with Crippen LogP contribution in [-0.2, 0) is 5.41 Å². The van der Waals surface area contributed by atoms with Crippen LogP contribution in [0.15, 0.2) is 0 Å². The van der Waals surface area contributed by atoms with E-state index in [1.165, 1.54) is 11.5 Å². The fourth-order valence-electron chi connectivity index (χ4n) is 1.42. The molecule has 0 radical (unpaired) electrons. The zero-order valence-corrected chi connectivity index (χ0v) is 12.6. The normalized spacial score (nSPS) is 13.4. The summed E-state index contributed by atoms with van der Waals surface area (Å²) in [6.45, 7) is 11.9. The molecule has 18 heavy (non-hydrogen) atoms. The molecule has 0 fully saturated rings. The van der Waals surface area contributed by atoms with Gasteiger partial charge in [0.2, 0.25) is 5.13 Å². The molecule has 0 aromatic carbocycles. The summed E-state index contributed by atoms with van der Waals surface area (Å²) < 4.78 is 4.41. The number of nitrogens with two attached hydrogens (primary N) is 1. The number of nitrogens with zero attached hydrogens (tertiary/aromatic N) is 3. The quantitative estimate of drug-likeness (QED) is 0.634. The van der Waals surface area contributed by atoms with Crippen molar-refractivity contribution in [2.75, 3.05) is 18.0 Å². The van der Waals surface area contributed by atoms with Crippen LogP contribution in [0.5, 0.6) is 0 Å². The molecule has 102 valence electrons. The van der Waals surface area contributed by atoms with E-state index < -0.39 is 0 Å². The second-order valence-electron chi connectivity index (χ2n) is 5.55. The topological polar surface area (TPSA) is 78.9 Å². The lowest BCUT2D eigenvalue weighted by Gasteiger charge is -2.23. The van der Waals surface area contributed by atoms with Gasteiger partial charge in [-0.05, 0) is 6.92 Å². The second kappa shape index (κ2) is 5.65. The van der Waals surface area contributed by atoms with Crippen LogP contribution in [0.2, 0.25) is 0 Å². The summed E-state index contributed by atoms with van der Waals surface area (Å²) in [5.41, 5.74) is 5.49. The fourth-order valence-corrected chi connectivity index (χ4v) is 2.35. The van der Waals surface area contributed by atoms with Crippen LogP contribution in [0, 0.1) is 11.3 Å². The molecule has 0 amide bonds. The largest absolute Gasteiger partial charge is 0.387 e. The van der Waals surface area contributed by atoms with Crippen molar-refractivity contribution in [1.82, 2.24) is 9.36 Å². The van der Waals surface area contributed by atoms with Gasteiger partial charge in [-0.1, -0.05) is 27.7 Å². The molecule has 1 aromatic rings. The molecule has 0 saturated carbocycles. The van der Waals surface area contributed by atoms with Gasteiger partial charge in [-0.2, -0.15) is 4.37 Å². The van der Waals surface area contributed by atoms with Crippen molar-refractivity contribution in [3.8, 4) is 0 Å². The predicted molar refractivity (Wildman–Crippen MR) is 77.6 cm³/mol. The molecule has 0 saturated heterocycles. The molecule has 1 heterocycles. The molecule has 0 aliphatic rings. The van der Waals surface area contributed by atoms with E-state index in [4.69, 9.17) is 11.1 Å². The van der Waals surface area contributed by atoms with Gasteiger partial charge < -0.3 is 10.6 Å². The van der Waals surface area contributed by atoms with E-state index in [2.05, 4.69) is 42.0 Å². The van der Waals surface area contributed by atoms with E-state index in [1.54, 1.807) is 0 Å². The zero-order valence-electron chi connectivity index (χ0n) is 11.8. The van der Waals surface area contributed by atoms with Gasteiger partial charge >= 0.3 is 0 Å². The molecule has 1 rings (SSSR count). The molecule has 6 heteroatoms. The zero-order chi connectivity index (χ0) is 13.9. The maximum atomic E-state index is 7.45. The highest BCUT2D eigenvalue weighted by Gasteiger charge is 2.22. The molecule has 0 aliphatic carbocycles. The molecular weight excluding hydrogens is 246 g/mol. The van der Waals surface area contributed by atoms with Gasteiger partial charge in [0, 0.05) is 36.0 Å². The first-order valence-corrected chi connectivity index (χ1v) is 6.96. The monoisotopic (exact) mass is 269 g/mol. The number of aromatic nitrogens is 2. The number of rotatable bonds is 5. The maximum absolute atomic E-state index is 7.45. The van der Waals surface area contributed by atoms with Crippen LogP contribution in [-0.4, -0.2) is 28.3 Å². The van der Waals surface area contributed by atoms with Crippen molar-refractivity contribution in [3.63, 3.8) is 0 Å². The molecular formula is C12H23N5S. The first kappa shape index (κ1) is 14.9. The van der Waals surface area contributed by atoms with Gasteiger partial charge in [-0.15, -0.1) is 0 Å². The highest BCUT2D eigenvalue weighted by atomic mass is 32.1. The Morgan fingerprint density at radius 2 is 2.11 bits per heavy atom. The molecule has 0 spiro atoms. The Morgan fingerprint density at radius 1 is 1.50 bits per heavy atom. The summed E-state index contributed by atoms with van der Waals surface area (Å²) in [4.78, 5) is 6.71. The number of anilines is 1. The SMILES string of the molecule is CCN(CC(C)C(=N)N)c1nc(C(C)(C)C)ns1. The average Bonchev–Trinajstić information content (AvgIpc) is 2.73. The van der Waals surface area contributed by atoms with Crippen LogP contribution < -0.4 is 10.6 Å². The van der Waals surface area contributed by atoms with Crippen molar-refractivity contribution in [2.24, 2.45) is 11.7 Å². The van der Waals surface area contributed by atoms with Crippen molar-refractivity contribution in [2.45, 2.75) is 40.0 Å². The van der Waals surface area contributed by atoms with Crippen molar-refractivity contribution in [1.29, 1.82) is 5.41 Å². The third kappa shape index (κ3) is 3.66. The number of amidine groups is 1. The molecule has 5 nitrogen and oxygen atoms in total. The smallest absolute Gasteiger partial charge is 0.205 e. The van der Waals surface area contributed by atoms with Crippen LogP contribution in [0.1, 0.15) is 40.4 Å². The van der Waals surface area contributed by atoms with E-state index in [-0.39, 0.29) is 17.2 Å². The number of hydrogen-bond acceptors (Lipinski definition) is 5. The Morgan fingerprint density at radius 3 is 2.50 bits per heavy atom. The summed E-state index contributed by atoms with van der Waals surface area (Å²) >= 11 is 1.42. The molecule has 0 bridgehead atoms. The Labute approximate surface area is 113 Å². The Hall–Kier alpha value is -1.17. The van der Waals surface area contributed by atoms with E-state index in [0.29, 0.717) is 6.54 Å². The minimum Gasteiger partial charge on any atom is -0.387 e. The minimum atomic E-state index is -0.0274. The van der Waals surface area contributed by atoms with Crippen LogP contribution in [0.4, 0.5) is 5.13 Å². The van der Waals surface area contributed by atoms with Gasteiger partial charge in [0.15, 0.2) is 0 Å². The van der Waals surface area contributed by atoms with Crippen LogP contribution >= 0.6 is 11.5 Å². The molecule has 3 N–H and O–H groups in total. The lowest BCUT2D eigenvalue weighted by molar-refractivity contribution is 0.553. The summed E-state index contributed by atoms with van der Waals surface area (Å²) in [7, 11) is 0. The summed E-state index contributed by atoms with van der Waals surface area (Å²) in [5.74, 6) is 1.12. The third-order valence-electron chi connectivity index (χ3n) is 2.76. The van der Waals surface area contributed by atoms with Gasteiger partial charge in [-0.25, -0.2) is 4.98 Å². The Balaban J connectivity index is 2.83. The summed E-state index contributed by atoms with van der Waals surface area (Å²) in [5, 5.41) is 8.37. The molecule has 1 aromatic heterocycles. The van der Waals surface area contributed by atoms with Crippen molar-refractivity contribution >= 4 is 22.5 Å². The van der Waals surface area contributed by atoms with Crippen LogP contribution in [0.25, 0.3) is 0 Å². The second-order valence-corrected chi connectivity index (χ2v) is 6.28. The first-order valence-electron chi connectivity index (χ1n) is 6.18. The fraction of sp³-hybridized carbons (Fsp3) is 0.750. The van der Waals surface area contributed by atoms with Gasteiger partial charge in [-0.3, -0.25) is 5.41 Å². The van der Waals surface area contributed by atoms with Crippen molar-refractivity contribution < 1.29 is 0 Å². The predicted octanol–water partition coefficient (Wildman–Crippen LogP) is 2.23. The highest BCUT2D eigenvalue weighted by molar-refractivity contribution is 7.09. The van der Waals surface area contributed by atoms with E-state index >= 15 is 0 Å². The average molecular weight is 269 g/mol. The maximum Gasteiger partial charge on any atom is 0.205 e. The lowest BCUT2D eigenvalue weighted by Crippen LogP contribution is -2.34. The minimum absolute atomic E-state index is 0.0274. The van der Waals surface area contributed by atoms with E-state index in [0.717, 1.165) is 17.5 Å². The molecule has 1 unspecified atom stereocenters. The summed E-state index contributed by atoms with van der Waals surface area (Å²) in [6.07, 6.45) is 0. The first-order chi connectivity index (χ1) is 8.25. The molecule has 0 aliphatic heterocycles. The van der Waals surface area contributed by atoms with E-state index in [1.807, 2.05) is 6.92 Å². The van der Waals surface area contributed by atoms with Gasteiger partial charge in [0.05, 0.1) is 5.84 Å². The standard InChI is InChI=1S/C12H23N5S/c1-6-17(7-8(2)9(13)14)11-15-10(16-18-11)12(3,4)5/h8H,6-7H2,1-5H3,(H3,13,14). The lowest BCUT2D eigenvalue weighted by atomic mass is 9.96. The number of hydrogen-bond donors (Lipinski definition) is 2. The Bertz CT molecular complexity index is 407. The summed E-state index contributed by atoms with van der Waals surface area (Å²) in [6, 6.07) is 0. The van der Waals surface area contributed by atoms with Crippen LogP contribution in [0.3, 0.4) is 0 Å².